The lowest BCUT2D eigenvalue weighted by Gasteiger charge is -2.12. The van der Waals surface area contributed by atoms with Gasteiger partial charge in [0.15, 0.2) is 0 Å². The molecule has 0 aliphatic rings. The quantitative estimate of drug-likeness (QED) is 0.847. The molecule has 0 bridgehead atoms. The number of carbonyl (C=O) groups is 1. The highest BCUT2D eigenvalue weighted by molar-refractivity contribution is 5.92. The molecule has 1 atom stereocenters. The van der Waals surface area contributed by atoms with Crippen molar-refractivity contribution in [1.29, 1.82) is 0 Å². The van der Waals surface area contributed by atoms with Crippen LogP contribution < -0.4 is 5.32 Å². The van der Waals surface area contributed by atoms with Crippen molar-refractivity contribution in [2.24, 2.45) is 0 Å². The molecule has 0 saturated heterocycles. The Kier molecular flexibility index (Phi) is 4.77. The number of nitrogens with zero attached hydrogens (tertiary/aromatic N) is 1. The fourth-order valence-electron chi connectivity index (χ4n) is 1.44. The zero-order chi connectivity index (χ0) is 13.8. The van der Waals surface area contributed by atoms with E-state index in [-0.39, 0.29) is 12.2 Å². The predicted octanol–water partition coefficient (Wildman–Crippen LogP) is 1.55. The highest BCUT2D eigenvalue weighted by Crippen LogP contribution is 2.18. The SMILES string of the molecule is CC(O)CCNC(=O)c1cccn1CC(F)(F)F. The van der Waals surface area contributed by atoms with Gasteiger partial charge in [0.25, 0.3) is 5.91 Å². The molecule has 0 aliphatic heterocycles. The molecule has 18 heavy (non-hydrogen) atoms. The van der Waals surface area contributed by atoms with Gasteiger partial charge in [-0.1, -0.05) is 0 Å². The third kappa shape index (κ3) is 4.79. The number of hydrogen-bond acceptors (Lipinski definition) is 2. The Balaban J connectivity index is 2.61. The number of rotatable bonds is 5. The summed E-state index contributed by atoms with van der Waals surface area (Å²) in [6, 6.07) is 2.71. The van der Waals surface area contributed by atoms with Crippen molar-refractivity contribution in [3.8, 4) is 0 Å². The number of aromatic nitrogens is 1. The zero-order valence-corrected chi connectivity index (χ0v) is 9.87. The van der Waals surface area contributed by atoms with Crippen LogP contribution in [-0.4, -0.2) is 34.4 Å². The van der Waals surface area contributed by atoms with Crippen LogP contribution in [-0.2, 0) is 6.54 Å². The molecule has 1 aromatic heterocycles. The Morgan fingerprint density at radius 2 is 2.22 bits per heavy atom. The first-order valence-corrected chi connectivity index (χ1v) is 5.48. The second-order valence-corrected chi connectivity index (χ2v) is 4.03. The average Bonchev–Trinajstić information content (AvgIpc) is 2.62. The van der Waals surface area contributed by atoms with Gasteiger partial charge in [-0.05, 0) is 25.5 Å². The summed E-state index contributed by atoms with van der Waals surface area (Å²) >= 11 is 0. The molecule has 1 unspecified atom stereocenters. The number of aliphatic hydroxyl groups excluding tert-OH is 1. The lowest BCUT2D eigenvalue weighted by molar-refractivity contribution is -0.140. The maximum Gasteiger partial charge on any atom is 0.406 e. The molecule has 0 radical (unpaired) electrons. The lowest BCUT2D eigenvalue weighted by atomic mass is 10.3. The van der Waals surface area contributed by atoms with Crippen LogP contribution in [0.5, 0.6) is 0 Å². The number of halogens is 3. The van der Waals surface area contributed by atoms with Crippen LogP contribution in [0.1, 0.15) is 23.8 Å². The Hall–Kier alpha value is -1.50. The second-order valence-electron chi connectivity index (χ2n) is 4.03. The Labute approximate surface area is 102 Å². The number of alkyl halides is 3. The van der Waals surface area contributed by atoms with E-state index in [1.807, 2.05) is 0 Å². The number of nitrogens with one attached hydrogen (secondary N) is 1. The van der Waals surface area contributed by atoms with Crippen molar-refractivity contribution in [2.45, 2.75) is 32.2 Å². The van der Waals surface area contributed by atoms with Gasteiger partial charge in [-0.3, -0.25) is 4.79 Å². The summed E-state index contributed by atoms with van der Waals surface area (Å²) in [6.07, 6.45) is -3.37. The first-order chi connectivity index (χ1) is 8.29. The number of carbonyl (C=O) groups excluding carboxylic acids is 1. The molecule has 7 heteroatoms. The van der Waals surface area contributed by atoms with E-state index in [4.69, 9.17) is 5.11 Å². The van der Waals surface area contributed by atoms with Gasteiger partial charge in [0.1, 0.15) is 12.2 Å². The minimum Gasteiger partial charge on any atom is -0.393 e. The minimum absolute atomic E-state index is 0.0436. The number of aliphatic hydroxyl groups is 1. The molecule has 2 N–H and O–H groups in total. The molecule has 0 spiro atoms. The van der Waals surface area contributed by atoms with Crippen molar-refractivity contribution < 1.29 is 23.1 Å². The van der Waals surface area contributed by atoms with Crippen molar-refractivity contribution in [3.63, 3.8) is 0 Å². The van der Waals surface area contributed by atoms with E-state index in [2.05, 4.69) is 5.32 Å². The fraction of sp³-hybridized carbons (Fsp3) is 0.545. The Bertz CT molecular complexity index is 399. The molecule has 1 heterocycles. The van der Waals surface area contributed by atoms with Gasteiger partial charge in [0.2, 0.25) is 0 Å². The smallest absolute Gasteiger partial charge is 0.393 e. The largest absolute Gasteiger partial charge is 0.406 e. The first kappa shape index (κ1) is 14.6. The highest BCUT2D eigenvalue weighted by Gasteiger charge is 2.29. The molecule has 1 rings (SSSR count). The first-order valence-electron chi connectivity index (χ1n) is 5.48. The van der Waals surface area contributed by atoms with Crippen LogP contribution >= 0.6 is 0 Å². The molecule has 0 aliphatic carbocycles. The van der Waals surface area contributed by atoms with Gasteiger partial charge in [-0.15, -0.1) is 0 Å². The molecule has 1 amide bonds. The van der Waals surface area contributed by atoms with Gasteiger partial charge >= 0.3 is 6.18 Å². The molecular weight excluding hydrogens is 249 g/mol. The summed E-state index contributed by atoms with van der Waals surface area (Å²) < 4.78 is 37.5. The monoisotopic (exact) mass is 264 g/mol. The molecular formula is C11H15F3N2O2. The van der Waals surface area contributed by atoms with E-state index in [1.165, 1.54) is 18.3 Å². The van der Waals surface area contributed by atoms with E-state index in [0.717, 1.165) is 4.57 Å². The van der Waals surface area contributed by atoms with Gasteiger partial charge in [0.05, 0.1) is 6.10 Å². The van der Waals surface area contributed by atoms with Gasteiger partial charge in [0, 0.05) is 12.7 Å². The molecule has 4 nitrogen and oxygen atoms in total. The van der Waals surface area contributed by atoms with Crippen molar-refractivity contribution in [3.05, 3.63) is 24.0 Å². The number of hydrogen-bond donors (Lipinski definition) is 2. The maximum absolute atomic E-state index is 12.2. The summed E-state index contributed by atoms with van der Waals surface area (Å²) in [5, 5.41) is 11.5. The van der Waals surface area contributed by atoms with E-state index in [9.17, 15) is 18.0 Å². The van der Waals surface area contributed by atoms with Gasteiger partial charge in [-0.25, -0.2) is 0 Å². The van der Waals surface area contributed by atoms with Crippen LogP contribution in [0.3, 0.4) is 0 Å². The van der Waals surface area contributed by atoms with Crippen molar-refractivity contribution >= 4 is 5.91 Å². The third-order valence-electron chi connectivity index (χ3n) is 2.26. The Morgan fingerprint density at radius 3 is 2.78 bits per heavy atom. The third-order valence-corrected chi connectivity index (χ3v) is 2.26. The molecule has 1 aromatic rings. The van der Waals surface area contributed by atoms with Gasteiger partial charge in [-0.2, -0.15) is 13.2 Å². The summed E-state index contributed by atoms with van der Waals surface area (Å²) in [7, 11) is 0. The summed E-state index contributed by atoms with van der Waals surface area (Å²) in [5.74, 6) is -0.579. The summed E-state index contributed by atoms with van der Waals surface area (Å²) in [5.41, 5.74) is -0.0436. The van der Waals surface area contributed by atoms with Crippen molar-refractivity contribution in [1.82, 2.24) is 9.88 Å². The predicted molar refractivity (Wildman–Crippen MR) is 59.1 cm³/mol. The van der Waals surface area contributed by atoms with Crippen molar-refractivity contribution in [2.75, 3.05) is 6.54 Å². The molecule has 0 aromatic carbocycles. The van der Waals surface area contributed by atoms with E-state index < -0.39 is 24.7 Å². The summed E-state index contributed by atoms with van der Waals surface area (Å²) in [6.45, 7) is 0.589. The highest BCUT2D eigenvalue weighted by atomic mass is 19.4. The minimum atomic E-state index is -4.37. The van der Waals surface area contributed by atoms with E-state index >= 15 is 0 Å². The van der Waals surface area contributed by atoms with Crippen LogP contribution in [0.2, 0.25) is 0 Å². The lowest BCUT2D eigenvalue weighted by Crippen LogP contribution is -2.30. The second kappa shape index (κ2) is 5.90. The fourth-order valence-corrected chi connectivity index (χ4v) is 1.44. The van der Waals surface area contributed by atoms with Crippen LogP contribution in [0, 0.1) is 0 Å². The van der Waals surface area contributed by atoms with E-state index in [0.29, 0.717) is 6.42 Å². The topological polar surface area (TPSA) is 54.3 Å². The number of amides is 1. The summed E-state index contributed by atoms with van der Waals surface area (Å²) in [4.78, 5) is 11.6. The van der Waals surface area contributed by atoms with Crippen LogP contribution in [0.15, 0.2) is 18.3 Å². The van der Waals surface area contributed by atoms with Crippen LogP contribution in [0.4, 0.5) is 13.2 Å². The van der Waals surface area contributed by atoms with E-state index in [1.54, 1.807) is 6.92 Å². The van der Waals surface area contributed by atoms with Crippen LogP contribution in [0.25, 0.3) is 0 Å². The molecule has 102 valence electrons. The molecule has 0 saturated carbocycles. The van der Waals surface area contributed by atoms with Gasteiger partial charge < -0.3 is 15.0 Å². The maximum atomic E-state index is 12.2. The Morgan fingerprint density at radius 1 is 1.56 bits per heavy atom. The standard InChI is InChI=1S/C11H15F3N2O2/c1-8(17)4-5-15-10(18)9-3-2-6-16(9)7-11(12,13)14/h2-3,6,8,17H,4-5,7H2,1H3,(H,15,18). The zero-order valence-electron chi connectivity index (χ0n) is 9.87. The average molecular weight is 264 g/mol. The normalized spacial score (nSPS) is 13.4. The molecule has 0 fully saturated rings.